The molecule has 1 atom stereocenters. The van der Waals surface area contributed by atoms with Crippen LogP contribution in [0.1, 0.15) is 17.3 Å². The zero-order valence-corrected chi connectivity index (χ0v) is 17.4. The average molecular weight is 417 g/mol. The number of hydrogen-bond donors (Lipinski definition) is 2. The van der Waals surface area contributed by atoms with Gasteiger partial charge in [0, 0.05) is 25.9 Å². The van der Waals surface area contributed by atoms with E-state index in [1.54, 1.807) is 23.0 Å². The first-order chi connectivity index (χ1) is 15.1. The molecule has 1 saturated heterocycles. The van der Waals surface area contributed by atoms with E-state index in [2.05, 4.69) is 37.2 Å². The van der Waals surface area contributed by atoms with Gasteiger partial charge in [0.25, 0.3) is 5.91 Å². The van der Waals surface area contributed by atoms with Crippen LogP contribution in [0, 0.1) is 0 Å². The molecule has 1 amide bonds. The summed E-state index contributed by atoms with van der Waals surface area (Å²) >= 11 is 0. The fraction of sp³-hybridized carbons (Fsp3) is 0.273. The van der Waals surface area contributed by atoms with Crippen LogP contribution in [0.25, 0.3) is 22.6 Å². The van der Waals surface area contributed by atoms with E-state index in [1.165, 1.54) is 0 Å². The Morgan fingerprint density at radius 3 is 2.90 bits per heavy atom. The molecule has 158 valence electrons. The number of nitrogens with zero attached hydrogens (tertiary/aromatic N) is 5. The van der Waals surface area contributed by atoms with Crippen LogP contribution < -0.4 is 10.2 Å². The molecule has 0 unspecified atom stereocenters. The summed E-state index contributed by atoms with van der Waals surface area (Å²) in [4.78, 5) is 27.3. The van der Waals surface area contributed by atoms with Gasteiger partial charge in [0.2, 0.25) is 0 Å². The van der Waals surface area contributed by atoms with Crippen molar-refractivity contribution in [1.82, 2.24) is 24.7 Å². The highest BCUT2D eigenvalue weighted by Crippen LogP contribution is 2.23. The number of aromatic amines is 1. The third kappa shape index (κ3) is 3.75. The zero-order chi connectivity index (χ0) is 21.4. The van der Waals surface area contributed by atoms with Gasteiger partial charge in [-0.3, -0.25) is 9.48 Å². The van der Waals surface area contributed by atoms with Crippen molar-refractivity contribution in [1.29, 1.82) is 0 Å². The number of para-hydroxylation sites is 2. The highest BCUT2D eigenvalue weighted by molar-refractivity contribution is 6.03. The van der Waals surface area contributed by atoms with Crippen LogP contribution in [0.4, 0.5) is 11.6 Å². The third-order valence-corrected chi connectivity index (χ3v) is 5.43. The number of anilines is 2. The number of morpholine rings is 1. The predicted octanol–water partition coefficient (Wildman–Crippen LogP) is 2.84. The topological polar surface area (TPSA) is 101 Å². The number of aryl methyl sites for hydroxylation is 1. The van der Waals surface area contributed by atoms with Crippen LogP contribution >= 0.6 is 0 Å². The molecule has 1 aliphatic rings. The lowest BCUT2D eigenvalue weighted by atomic mass is 10.2. The van der Waals surface area contributed by atoms with Gasteiger partial charge < -0.3 is 19.9 Å². The molecule has 31 heavy (non-hydrogen) atoms. The minimum absolute atomic E-state index is 0.256. The highest BCUT2D eigenvalue weighted by atomic mass is 16.5. The number of aromatic nitrogens is 5. The van der Waals surface area contributed by atoms with E-state index in [9.17, 15) is 4.79 Å². The van der Waals surface area contributed by atoms with E-state index < -0.39 is 0 Å². The van der Waals surface area contributed by atoms with E-state index in [4.69, 9.17) is 4.74 Å². The largest absolute Gasteiger partial charge is 0.377 e. The Morgan fingerprint density at radius 2 is 2.13 bits per heavy atom. The number of carbonyl (C=O) groups is 1. The van der Waals surface area contributed by atoms with Crippen molar-refractivity contribution in [2.45, 2.75) is 13.0 Å². The summed E-state index contributed by atoms with van der Waals surface area (Å²) in [6, 6.07) is 13.5. The molecule has 0 aliphatic carbocycles. The first kappa shape index (κ1) is 19.3. The molecule has 0 spiro atoms. The van der Waals surface area contributed by atoms with Gasteiger partial charge in [0.05, 0.1) is 35.9 Å². The lowest BCUT2D eigenvalue weighted by molar-refractivity contribution is 0.0984. The Kier molecular flexibility index (Phi) is 4.87. The number of H-pyrrole nitrogens is 1. The quantitative estimate of drug-likeness (QED) is 0.530. The maximum atomic E-state index is 12.7. The SMILES string of the molecule is C[C@@H]1COCCN1c1ccc(C(=O)Nc2cc(-c3nc4ccccc4[nH]3)n(C)n2)cn1. The minimum atomic E-state index is -0.261. The van der Waals surface area contributed by atoms with Gasteiger partial charge in [0.15, 0.2) is 11.6 Å². The normalized spacial score (nSPS) is 16.6. The van der Waals surface area contributed by atoms with Crippen LogP contribution in [0.3, 0.4) is 0 Å². The Hall–Kier alpha value is -3.72. The molecule has 9 heteroatoms. The van der Waals surface area contributed by atoms with Crippen molar-refractivity contribution in [3.8, 4) is 11.5 Å². The number of ether oxygens (including phenoxy) is 1. The maximum Gasteiger partial charge on any atom is 0.258 e. The molecule has 0 saturated carbocycles. The smallest absolute Gasteiger partial charge is 0.258 e. The van der Waals surface area contributed by atoms with Crippen molar-refractivity contribution < 1.29 is 9.53 Å². The fourth-order valence-electron chi connectivity index (χ4n) is 3.77. The summed E-state index contributed by atoms with van der Waals surface area (Å²) < 4.78 is 7.16. The van der Waals surface area contributed by atoms with Crippen LogP contribution in [0.15, 0.2) is 48.7 Å². The summed E-state index contributed by atoms with van der Waals surface area (Å²) in [6.07, 6.45) is 1.59. The van der Waals surface area contributed by atoms with E-state index in [-0.39, 0.29) is 11.9 Å². The van der Waals surface area contributed by atoms with Crippen molar-refractivity contribution in [2.24, 2.45) is 7.05 Å². The fourth-order valence-corrected chi connectivity index (χ4v) is 3.77. The second kappa shape index (κ2) is 7.84. The monoisotopic (exact) mass is 417 g/mol. The molecule has 3 aromatic heterocycles. The van der Waals surface area contributed by atoms with Gasteiger partial charge >= 0.3 is 0 Å². The molecule has 4 aromatic rings. The first-order valence-electron chi connectivity index (χ1n) is 10.2. The van der Waals surface area contributed by atoms with Crippen LogP contribution in [-0.2, 0) is 11.8 Å². The number of nitrogens with one attached hydrogen (secondary N) is 2. The van der Waals surface area contributed by atoms with Gasteiger partial charge in [0.1, 0.15) is 11.5 Å². The summed E-state index contributed by atoms with van der Waals surface area (Å²) in [6.45, 7) is 4.25. The Balaban J connectivity index is 1.32. The van der Waals surface area contributed by atoms with E-state index in [0.717, 1.165) is 29.1 Å². The number of carbonyl (C=O) groups excluding carboxylic acids is 1. The van der Waals surface area contributed by atoms with Crippen molar-refractivity contribution in [2.75, 3.05) is 30.0 Å². The van der Waals surface area contributed by atoms with Gasteiger partial charge in [-0.1, -0.05) is 12.1 Å². The van der Waals surface area contributed by atoms with E-state index in [0.29, 0.717) is 30.4 Å². The second-order valence-corrected chi connectivity index (χ2v) is 7.62. The molecule has 9 nitrogen and oxygen atoms in total. The van der Waals surface area contributed by atoms with Gasteiger partial charge in [-0.25, -0.2) is 9.97 Å². The molecule has 1 aliphatic heterocycles. The summed E-state index contributed by atoms with van der Waals surface area (Å²) in [5, 5.41) is 7.25. The van der Waals surface area contributed by atoms with Crippen molar-refractivity contribution >= 4 is 28.6 Å². The number of hydrogen-bond acceptors (Lipinski definition) is 6. The molecule has 5 rings (SSSR count). The molecule has 4 heterocycles. The summed E-state index contributed by atoms with van der Waals surface area (Å²) in [7, 11) is 1.82. The zero-order valence-electron chi connectivity index (χ0n) is 17.4. The first-order valence-corrected chi connectivity index (χ1v) is 10.2. The predicted molar refractivity (Wildman–Crippen MR) is 118 cm³/mol. The number of fused-ring (bicyclic) bond motifs is 1. The number of pyridine rings is 1. The Bertz CT molecular complexity index is 1200. The summed E-state index contributed by atoms with van der Waals surface area (Å²) in [5.41, 5.74) is 3.08. The van der Waals surface area contributed by atoms with E-state index in [1.807, 2.05) is 37.4 Å². The molecular weight excluding hydrogens is 394 g/mol. The summed E-state index contributed by atoms with van der Waals surface area (Å²) in [5.74, 6) is 1.73. The van der Waals surface area contributed by atoms with E-state index >= 15 is 0 Å². The van der Waals surface area contributed by atoms with Gasteiger partial charge in [-0.2, -0.15) is 5.10 Å². The molecule has 0 radical (unpaired) electrons. The Morgan fingerprint density at radius 1 is 1.26 bits per heavy atom. The molecule has 1 fully saturated rings. The number of rotatable bonds is 4. The van der Waals surface area contributed by atoms with Gasteiger partial charge in [-0.05, 0) is 31.2 Å². The molecule has 0 bridgehead atoms. The number of benzene rings is 1. The lowest BCUT2D eigenvalue weighted by Gasteiger charge is -2.34. The van der Waals surface area contributed by atoms with Crippen LogP contribution in [-0.4, -0.2) is 56.4 Å². The van der Waals surface area contributed by atoms with Crippen LogP contribution in [0.2, 0.25) is 0 Å². The average Bonchev–Trinajstić information content (AvgIpc) is 3.37. The third-order valence-electron chi connectivity index (χ3n) is 5.43. The molecular formula is C22H23N7O2. The second-order valence-electron chi connectivity index (χ2n) is 7.62. The minimum Gasteiger partial charge on any atom is -0.377 e. The number of amides is 1. The lowest BCUT2D eigenvalue weighted by Crippen LogP contribution is -2.44. The molecule has 2 N–H and O–H groups in total. The van der Waals surface area contributed by atoms with Crippen molar-refractivity contribution in [3.63, 3.8) is 0 Å². The Labute approximate surface area is 179 Å². The van der Waals surface area contributed by atoms with Crippen molar-refractivity contribution in [3.05, 3.63) is 54.2 Å². The maximum absolute atomic E-state index is 12.7. The molecule has 1 aromatic carbocycles. The number of imidazole rings is 1. The van der Waals surface area contributed by atoms with Gasteiger partial charge in [-0.15, -0.1) is 0 Å². The standard InChI is InChI=1S/C22H23N7O2/c1-14-13-31-10-9-29(14)20-8-7-15(12-23-20)22(30)26-19-11-18(28(2)27-19)21-24-16-5-3-4-6-17(16)25-21/h3-8,11-12,14H,9-10,13H2,1-2H3,(H,24,25)(H,26,27,30)/t14-/m1/s1. The van der Waals surface area contributed by atoms with Crippen LogP contribution in [0.5, 0.6) is 0 Å². The highest BCUT2D eigenvalue weighted by Gasteiger charge is 2.20.